The minimum Gasteiger partial charge on any atom is -0.339 e. The van der Waals surface area contributed by atoms with Crippen LogP contribution in [0.3, 0.4) is 0 Å². The standard InChI is InChI=1S/C19H31N5O2/c1-5-9-24-10-8-19(7-6-17(24)25)14-23(12-11-22(19)4)13-16-20-18(15(2)3)21-26-16/h5,15H,1,6-14H2,2-4H3/t19-/m0/s1. The molecule has 3 heterocycles. The maximum Gasteiger partial charge on any atom is 0.240 e. The van der Waals surface area contributed by atoms with E-state index in [2.05, 4.69) is 47.4 Å². The zero-order valence-corrected chi connectivity index (χ0v) is 16.3. The second kappa shape index (κ2) is 7.88. The first-order valence-electron chi connectivity index (χ1n) is 9.58. The van der Waals surface area contributed by atoms with Crippen molar-refractivity contribution in [1.29, 1.82) is 0 Å². The van der Waals surface area contributed by atoms with E-state index in [-0.39, 0.29) is 17.4 Å². The summed E-state index contributed by atoms with van der Waals surface area (Å²) < 4.78 is 5.43. The van der Waals surface area contributed by atoms with Gasteiger partial charge in [0.05, 0.1) is 6.54 Å². The third kappa shape index (κ3) is 3.99. The first kappa shape index (κ1) is 19.0. The Labute approximate surface area is 156 Å². The third-order valence-electron chi connectivity index (χ3n) is 5.79. The Morgan fingerprint density at radius 1 is 1.31 bits per heavy atom. The van der Waals surface area contributed by atoms with Crippen molar-refractivity contribution in [3.8, 4) is 0 Å². The molecule has 7 heteroatoms. The van der Waals surface area contributed by atoms with Gasteiger partial charge in [0.15, 0.2) is 5.82 Å². The summed E-state index contributed by atoms with van der Waals surface area (Å²) in [6, 6.07) is 0. The fraction of sp³-hybridized carbons (Fsp3) is 0.737. The normalized spacial score (nSPS) is 25.8. The van der Waals surface area contributed by atoms with Gasteiger partial charge in [-0.3, -0.25) is 14.6 Å². The summed E-state index contributed by atoms with van der Waals surface area (Å²) >= 11 is 0. The highest BCUT2D eigenvalue weighted by atomic mass is 16.5. The molecule has 26 heavy (non-hydrogen) atoms. The number of aromatic nitrogens is 2. The maximum atomic E-state index is 12.4. The number of amides is 1. The average Bonchev–Trinajstić information content (AvgIpc) is 3.02. The van der Waals surface area contributed by atoms with Gasteiger partial charge >= 0.3 is 0 Å². The monoisotopic (exact) mass is 361 g/mol. The maximum absolute atomic E-state index is 12.4. The Morgan fingerprint density at radius 2 is 2.12 bits per heavy atom. The number of likely N-dealkylation sites (tertiary alicyclic amines) is 1. The molecular weight excluding hydrogens is 330 g/mol. The Balaban J connectivity index is 1.68. The van der Waals surface area contributed by atoms with Crippen LogP contribution >= 0.6 is 0 Å². The Kier molecular flexibility index (Phi) is 5.77. The van der Waals surface area contributed by atoms with Gasteiger partial charge in [0.1, 0.15) is 0 Å². The first-order valence-corrected chi connectivity index (χ1v) is 9.58. The van der Waals surface area contributed by atoms with Gasteiger partial charge in [-0.2, -0.15) is 4.98 Å². The number of hydrogen-bond acceptors (Lipinski definition) is 6. The first-order chi connectivity index (χ1) is 12.4. The van der Waals surface area contributed by atoms with E-state index >= 15 is 0 Å². The van der Waals surface area contributed by atoms with Gasteiger partial charge in [0.2, 0.25) is 11.8 Å². The van der Waals surface area contributed by atoms with Crippen LogP contribution in [0.5, 0.6) is 0 Å². The van der Waals surface area contributed by atoms with Crippen molar-refractivity contribution in [3.05, 3.63) is 24.4 Å². The van der Waals surface area contributed by atoms with Crippen LogP contribution in [0.15, 0.2) is 17.2 Å². The highest BCUT2D eigenvalue weighted by Gasteiger charge is 2.42. The zero-order valence-electron chi connectivity index (χ0n) is 16.3. The molecule has 0 unspecified atom stereocenters. The molecule has 7 nitrogen and oxygen atoms in total. The molecule has 0 aliphatic carbocycles. The highest BCUT2D eigenvalue weighted by molar-refractivity contribution is 5.76. The van der Waals surface area contributed by atoms with Crippen molar-refractivity contribution in [1.82, 2.24) is 24.8 Å². The molecule has 2 aliphatic rings. The van der Waals surface area contributed by atoms with Crippen molar-refractivity contribution >= 4 is 5.91 Å². The predicted octanol–water partition coefficient (Wildman–Crippen LogP) is 1.88. The molecule has 0 bridgehead atoms. The van der Waals surface area contributed by atoms with Crippen LogP contribution in [0.25, 0.3) is 0 Å². The summed E-state index contributed by atoms with van der Waals surface area (Å²) in [4.78, 5) is 23.7. The van der Waals surface area contributed by atoms with Crippen LogP contribution in [-0.2, 0) is 11.3 Å². The van der Waals surface area contributed by atoms with Crippen molar-refractivity contribution in [2.24, 2.45) is 0 Å². The predicted molar refractivity (Wildman–Crippen MR) is 99.7 cm³/mol. The molecule has 1 aromatic heterocycles. The smallest absolute Gasteiger partial charge is 0.240 e. The lowest BCUT2D eigenvalue weighted by Gasteiger charge is -2.49. The van der Waals surface area contributed by atoms with Crippen LogP contribution in [0.2, 0.25) is 0 Å². The minimum absolute atomic E-state index is 0.0325. The number of hydrogen-bond donors (Lipinski definition) is 0. The molecule has 1 amide bonds. The van der Waals surface area contributed by atoms with Gasteiger partial charge < -0.3 is 9.42 Å². The molecule has 0 N–H and O–H groups in total. The Bertz CT molecular complexity index is 644. The summed E-state index contributed by atoms with van der Waals surface area (Å²) in [5.41, 5.74) is 0.0325. The van der Waals surface area contributed by atoms with Crippen molar-refractivity contribution in [2.45, 2.75) is 51.1 Å². The van der Waals surface area contributed by atoms with Crippen LogP contribution in [0.1, 0.15) is 50.7 Å². The Hall–Kier alpha value is -1.73. The molecule has 0 saturated carbocycles. The molecule has 144 valence electrons. The van der Waals surface area contributed by atoms with E-state index < -0.39 is 0 Å². The molecule has 2 saturated heterocycles. The van der Waals surface area contributed by atoms with Gasteiger partial charge in [-0.1, -0.05) is 25.1 Å². The molecular formula is C19H31N5O2. The second-order valence-corrected chi connectivity index (χ2v) is 7.94. The molecule has 1 atom stereocenters. The van der Waals surface area contributed by atoms with Crippen LogP contribution in [-0.4, -0.2) is 76.1 Å². The molecule has 0 radical (unpaired) electrons. The molecule has 2 fully saturated rings. The van der Waals surface area contributed by atoms with E-state index in [9.17, 15) is 4.79 Å². The summed E-state index contributed by atoms with van der Waals surface area (Å²) in [5, 5.41) is 4.07. The average molecular weight is 361 g/mol. The number of nitrogens with zero attached hydrogens (tertiary/aromatic N) is 5. The van der Waals surface area contributed by atoms with Crippen molar-refractivity contribution in [3.63, 3.8) is 0 Å². The van der Waals surface area contributed by atoms with E-state index in [0.29, 0.717) is 25.4 Å². The lowest BCUT2D eigenvalue weighted by Crippen LogP contribution is -2.60. The van der Waals surface area contributed by atoms with Gasteiger partial charge in [-0.15, -0.1) is 6.58 Å². The van der Waals surface area contributed by atoms with Gasteiger partial charge in [0, 0.05) is 50.6 Å². The number of rotatable bonds is 5. The quantitative estimate of drug-likeness (QED) is 0.746. The minimum atomic E-state index is 0.0325. The van der Waals surface area contributed by atoms with E-state index in [1.807, 2.05) is 11.0 Å². The topological polar surface area (TPSA) is 65.7 Å². The molecule has 3 rings (SSSR count). The number of carbonyl (C=O) groups excluding carboxylic acids is 1. The summed E-state index contributed by atoms with van der Waals surface area (Å²) in [7, 11) is 2.19. The lowest BCUT2D eigenvalue weighted by molar-refractivity contribution is -0.130. The zero-order chi connectivity index (χ0) is 18.7. The van der Waals surface area contributed by atoms with Crippen LogP contribution in [0, 0.1) is 0 Å². The van der Waals surface area contributed by atoms with Gasteiger partial charge in [-0.05, 0) is 19.9 Å². The number of likely N-dealkylation sites (N-methyl/N-ethyl adjacent to an activating group) is 1. The molecule has 2 aliphatic heterocycles. The van der Waals surface area contributed by atoms with Crippen LogP contribution in [0.4, 0.5) is 0 Å². The van der Waals surface area contributed by atoms with E-state index in [4.69, 9.17) is 4.52 Å². The summed E-state index contributed by atoms with van der Waals surface area (Å²) in [6.45, 7) is 12.9. The third-order valence-corrected chi connectivity index (χ3v) is 5.79. The van der Waals surface area contributed by atoms with Crippen LogP contribution < -0.4 is 0 Å². The molecule has 1 aromatic rings. The van der Waals surface area contributed by atoms with E-state index in [0.717, 1.165) is 44.8 Å². The SMILES string of the molecule is C=CCN1CC[C@@]2(CCC1=O)CN(Cc1nc(C(C)C)no1)CCN2C. The van der Waals surface area contributed by atoms with E-state index in [1.54, 1.807) is 0 Å². The molecule has 0 aromatic carbocycles. The number of piperazine rings is 1. The largest absolute Gasteiger partial charge is 0.339 e. The van der Waals surface area contributed by atoms with Crippen molar-refractivity contribution < 1.29 is 9.32 Å². The van der Waals surface area contributed by atoms with Gasteiger partial charge in [0.25, 0.3) is 0 Å². The summed E-state index contributed by atoms with van der Waals surface area (Å²) in [6.07, 6.45) is 4.30. The second-order valence-electron chi connectivity index (χ2n) is 7.94. The summed E-state index contributed by atoms with van der Waals surface area (Å²) in [5.74, 6) is 1.97. The number of carbonyl (C=O) groups is 1. The molecule has 1 spiro atoms. The van der Waals surface area contributed by atoms with E-state index in [1.165, 1.54) is 0 Å². The van der Waals surface area contributed by atoms with Gasteiger partial charge in [-0.25, -0.2) is 0 Å². The highest BCUT2D eigenvalue weighted by Crippen LogP contribution is 2.32. The Morgan fingerprint density at radius 3 is 2.81 bits per heavy atom. The fourth-order valence-electron chi connectivity index (χ4n) is 4.02. The lowest BCUT2D eigenvalue weighted by atomic mass is 9.86. The van der Waals surface area contributed by atoms with Crippen molar-refractivity contribution in [2.75, 3.05) is 39.8 Å². The fourth-order valence-corrected chi connectivity index (χ4v) is 4.02.